The van der Waals surface area contributed by atoms with Gasteiger partial charge in [0.25, 0.3) is 0 Å². The first kappa shape index (κ1) is 19.6. The van der Waals surface area contributed by atoms with Gasteiger partial charge in [-0.05, 0) is 45.5 Å². The Bertz CT molecular complexity index is 536. The maximum absolute atomic E-state index is 4.40. The van der Waals surface area contributed by atoms with Crippen LogP contribution >= 0.6 is 0 Å². The summed E-state index contributed by atoms with van der Waals surface area (Å²) in [5, 5.41) is 7.07. The van der Waals surface area contributed by atoms with Gasteiger partial charge in [0.15, 0.2) is 5.96 Å². The maximum atomic E-state index is 4.40. The highest BCUT2D eigenvalue weighted by Gasteiger charge is 2.23. The Morgan fingerprint density at radius 2 is 1.96 bits per heavy atom. The summed E-state index contributed by atoms with van der Waals surface area (Å²) in [4.78, 5) is 9.30. The Labute approximate surface area is 153 Å². The van der Waals surface area contributed by atoms with Crippen LogP contribution in [0.15, 0.2) is 29.3 Å². The van der Waals surface area contributed by atoms with E-state index in [9.17, 15) is 0 Å². The number of anilines is 1. The second kappa shape index (κ2) is 9.66. The summed E-state index contributed by atoms with van der Waals surface area (Å²) < 4.78 is 0. The molecular weight excluding hydrogens is 310 g/mol. The fraction of sp³-hybridized carbons (Fsp3) is 0.650. The number of likely N-dealkylation sites (N-methyl/N-ethyl adjacent to an activating group) is 1. The van der Waals surface area contributed by atoms with Crippen molar-refractivity contribution in [1.82, 2.24) is 15.5 Å². The van der Waals surface area contributed by atoms with Crippen LogP contribution in [0.4, 0.5) is 5.69 Å². The zero-order valence-electron chi connectivity index (χ0n) is 16.5. The smallest absolute Gasteiger partial charge is 0.191 e. The fourth-order valence-electron chi connectivity index (χ4n) is 3.48. The average molecular weight is 346 g/mol. The lowest BCUT2D eigenvalue weighted by Gasteiger charge is -2.27. The molecule has 1 aliphatic rings. The molecule has 1 aromatic rings. The molecule has 5 heteroatoms. The monoisotopic (exact) mass is 345 g/mol. The number of benzene rings is 1. The van der Waals surface area contributed by atoms with Crippen LogP contribution in [0.1, 0.15) is 32.8 Å². The van der Waals surface area contributed by atoms with Crippen LogP contribution in [0.25, 0.3) is 0 Å². The molecule has 2 unspecified atom stereocenters. The third-order valence-corrected chi connectivity index (χ3v) is 5.15. The van der Waals surface area contributed by atoms with Crippen LogP contribution in [-0.2, 0) is 0 Å². The molecule has 0 amide bonds. The minimum absolute atomic E-state index is 0.441. The van der Waals surface area contributed by atoms with Crippen molar-refractivity contribution in [3.63, 3.8) is 0 Å². The van der Waals surface area contributed by atoms with Crippen LogP contribution in [-0.4, -0.2) is 62.7 Å². The molecule has 1 heterocycles. The zero-order valence-corrected chi connectivity index (χ0v) is 16.5. The van der Waals surface area contributed by atoms with Gasteiger partial charge in [-0.25, -0.2) is 0 Å². The van der Waals surface area contributed by atoms with E-state index in [-0.39, 0.29) is 0 Å². The standard InChI is InChI=1S/C20H35N5/c1-6-24(7-2)17(4)14-22-20(21-5)23-18-12-13-25(15-18)19-10-8-16(3)9-11-19/h8-11,17-18H,6-7,12-15H2,1-5H3,(H2,21,22,23). The number of aliphatic imine (C=N–C) groups is 1. The largest absolute Gasteiger partial charge is 0.369 e. The van der Waals surface area contributed by atoms with Gasteiger partial charge in [-0.3, -0.25) is 9.89 Å². The normalized spacial score (nSPS) is 19.4. The molecule has 0 bridgehead atoms. The Morgan fingerprint density at radius 1 is 1.28 bits per heavy atom. The van der Waals surface area contributed by atoms with Crippen LogP contribution in [0.2, 0.25) is 0 Å². The summed E-state index contributed by atoms with van der Waals surface area (Å²) >= 11 is 0. The summed E-state index contributed by atoms with van der Waals surface area (Å²) in [6, 6.07) is 9.75. The lowest BCUT2D eigenvalue weighted by atomic mass is 10.2. The molecule has 2 atom stereocenters. The van der Waals surface area contributed by atoms with Gasteiger partial charge in [0, 0.05) is 44.5 Å². The molecule has 0 spiro atoms. The summed E-state index contributed by atoms with van der Waals surface area (Å²) in [6.07, 6.45) is 1.14. The Hall–Kier alpha value is -1.75. The third kappa shape index (κ3) is 5.63. The molecule has 0 aromatic heterocycles. The van der Waals surface area contributed by atoms with E-state index < -0.39 is 0 Å². The molecule has 140 valence electrons. The molecule has 1 saturated heterocycles. The third-order valence-electron chi connectivity index (χ3n) is 5.15. The lowest BCUT2D eigenvalue weighted by Crippen LogP contribution is -2.49. The van der Waals surface area contributed by atoms with Crippen molar-refractivity contribution >= 4 is 11.6 Å². The molecule has 1 aromatic carbocycles. The Morgan fingerprint density at radius 3 is 2.56 bits per heavy atom. The number of hydrogen-bond donors (Lipinski definition) is 2. The minimum atomic E-state index is 0.441. The molecule has 1 fully saturated rings. The number of nitrogens with zero attached hydrogens (tertiary/aromatic N) is 3. The van der Waals surface area contributed by atoms with Gasteiger partial charge in [-0.15, -0.1) is 0 Å². The van der Waals surface area contributed by atoms with Gasteiger partial charge < -0.3 is 15.5 Å². The second-order valence-corrected chi connectivity index (χ2v) is 6.93. The molecule has 2 N–H and O–H groups in total. The Balaban J connectivity index is 1.81. The van der Waals surface area contributed by atoms with Crippen LogP contribution in [0.3, 0.4) is 0 Å². The maximum Gasteiger partial charge on any atom is 0.191 e. The molecular formula is C20H35N5. The van der Waals surface area contributed by atoms with Gasteiger partial charge in [0.2, 0.25) is 0 Å². The first-order valence-corrected chi connectivity index (χ1v) is 9.60. The van der Waals surface area contributed by atoms with Crippen LogP contribution in [0.5, 0.6) is 0 Å². The molecule has 0 radical (unpaired) electrons. The van der Waals surface area contributed by atoms with E-state index in [1.807, 2.05) is 7.05 Å². The molecule has 0 aliphatic carbocycles. The minimum Gasteiger partial charge on any atom is -0.369 e. The summed E-state index contributed by atoms with van der Waals surface area (Å²) in [6.45, 7) is 14.0. The van der Waals surface area contributed by atoms with E-state index in [1.54, 1.807) is 0 Å². The molecule has 1 aliphatic heterocycles. The SMILES string of the molecule is CCN(CC)C(C)CNC(=NC)NC1CCN(c2ccc(C)cc2)C1. The van der Waals surface area contributed by atoms with E-state index in [1.165, 1.54) is 11.3 Å². The summed E-state index contributed by atoms with van der Waals surface area (Å²) in [5.41, 5.74) is 2.62. The van der Waals surface area contributed by atoms with Gasteiger partial charge in [-0.1, -0.05) is 31.5 Å². The van der Waals surface area contributed by atoms with Gasteiger partial charge in [0.05, 0.1) is 0 Å². The van der Waals surface area contributed by atoms with E-state index in [0.717, 1.165) is 45.1 Å². The van der Waals surface area contributed by atoms with Crippen molar-refractivity contribution in [2.24, 2.45) is 4.99 Å². The number of rotatable bonds is 7. The highest BCUT2D eigenvalue weighted by Crippen LogP contribution is 2.20. The lowest BCUT2D eigenvalue weighted by molar-refractivity contribution is 0.231. The van der Waals surface area contributed by atoms with Gasteiger partial charge >= 0.3 is 0 Å². The number of hydrogen-bond acceptors (Lipinski definition) is 3. The van der Waals surface area contributed by atoms with E-state index in [0.29, 0.717) is 12.1 Å². The second-order valence-electron chi connectivity index (χ2n) is 6.93. The van der Waals surface area contributed by atoms with E-state index >= 15 is 0 Å². The average Bonchev–Trinajstić information content (AvgIpc) is 3.08. The molecule has 25 heavy (non-hydrogen) atoms. The van der Waals surface area contributed by atoms with Crippen molar-refractivity contribution < 1.29 is 0 Å². The van der Waals surface area contributed by atoms with Crippen molar-refractivity contribution in [1.29, 1.82) is 0 Å². The fourth-order valence-corrected chi connectivity index (χ4v) is 3.48. The first-order valence-electron chi connectivity index (χ1n) is 9.60. The van der Waals surface area contributed by atoms with E-state index in [2.05, 4.69) is 77.4 Å². The molecule has 2 rings (SSSR count). The number of guanidine groups is 1. The zero-order chi connectivity index (χ0) is 18.2. The quantitative estimate of drug-likeness (QED) is 0.588. The molecule has 0 saturated carbocycles. The highest BCUT2D eigenvalue weighted by atomic mass is 15.3. The van der Waals surface area contributed by atoms with Crippen molar-refractivity contribution in [2.75, 3.05) is 44.7 Å². The highest BCUT2D eigenvalue weighted by molar-refractivity contribution is 5.80. The summed E-state index contributed by atoms with van der Waals surface area (Å²) in [5.74, 6) is 0.912. The van der Waals surface area contributed by atoms with Crippen LogP contribution < -0.4 is 15.5 Å². The summed E-state index contributed by atoms with van der Waals surface area (Å²) in [7, 11) is 1.85. The van der Waals surface area contributed by atoms with Crippen molar-refractivity contribution in [2.45, 2.75) is 46.2 Å². The van der Waals surface area contributed by atoms with Crippen LogP contribution in [0, 0.1) is 6.92 Å². The number of aryl methyl sites for hydroxylation is 1. The topological polar surface area (TPSA) is 42.9 Å². The number of nitrogens with one attached hydrogen (secondary N) is 2. The first-order chi connectivity index (χ1) is 12.1. The van der Waals surface area contributed by atoms with Gasteiger partial charge in [-0.2, -0.15) is 0 Å². The van der Waals surface area contributed by atoms with E-state index in [4.69, 9.17) is 0 Å². The predicted octanol–water partition coefficient (Wildman–Crippen LogP) is 2.47. The Kier molecular flexibility index (Phi) is 7.56. The molecule has 5 nitrogen and oxygen atoms in total. The van der Waals surface area contributed by atoms with Gasteiger partial charge in [0.1, 0.15) is 0 Å². The van der Waals surface area contributed by atoms with Crippen molar-refractivity contribution in [3.8, 4) is 0 Å². The van der Waals surface area contributed by atoms with Crippen molar-refractivity contribution in [3.05, 3.63) is 29.8 Å². The predicted molar refractivity (Wildman–Crippen MR) is 109 cm³/mol.